The summed E-state index contributed by atoms with van der Waals surface area (Å²) in [7, 11) is 0. The third-order valence-corrected chi connectivity index (χ3v) is 2.12. The number of H-pyrrole nitrogens is 1. The van der Waals surface area contributed by atoms with Crippen LogP contribution in [0.4, 0.5) is 5.95 Å². The first-order valence-electron chi connectivity index (χ1n) is 5.58. The number of anilines is 1. The lowest BCUT2D eigenvalue weighted by Gasteiger charge is -2.06. The fraction of sp³-hybridized carbons (Fsp3) is 0.273. The number of aromatic nitrogens is 3. The molecule has 1 heterocycles. The number of rotatable bonds is 3. The molecule has 1 aromatic carbocycles. The molecule has 0 saturated heterocycles. The lowest BCUT2D eigenvalue weighted by Crippen LogP contribution is -1.98. The second kappa shape index (κ2) is 6.92. The number of nitrogens with one attached hydrogen (secondary N) is 1. The van der Waals surface area contributed by atoms with Gasteiger partial charge in [-0.05, 0) is 37.1 Å². The molecule has 0 unspecified atom stereocenters. The summed E-state index contributed by atoms with van der Waals surface area (Å²) in [6.07, 6.45) is 0. The van der Waals surface area contributed by atoms with Gasteiger partial charge in [-0.25, -0.2) is 0 Å². The van der Waals surface area contributed by atoms with Gasteiger partial charge < -0.3 is 15.7 Å². The molecule has 0 bridgehead atoms. The molecule has 1 aromatic heterocycles. The van der Waals surface area contributed by atoms with E-state index in [4.69, 9.17) is 25.8 Å². The van der Waals surface area contributed by atoms with Gasteiger partial charge in [0.05, 0.1) is 0 Å². The minimum absolute atomic E-state index is 0.235. The number of nitrogens with two attached hydrogens (primary N) is 1. The highest BCUT2D eigenvalue weighted by molar-refractivity contribution is 5.33. The molecule has 9 nitrogen and oxygen atoms in total. The third kappa shape index (κ3) is 5.67. The predicted molar refractivity (Wildman–Crippen MR) is 69.8 cm³/mol. The lowest BCUT2D eigenvalue weighted by molar-refractivity contribution is -0.742. The van der Waals surface area contributed by atoms with Gasteiger partial charge in [0.25, 0.3) is 5.09 Å². The van der Waals surface area contributed by atoms with Crippen LogP contribution in [0, 0.1) is 24.0 Å². The molecule has 0 fully saturated rings. The van der Waals surface area contributed by atoms with E-state index in [-0.39, 0.29) is 5.95 Å². The summed E-state index contributed by atoms with van der Waals surface area (Å²) in [5.74, 6) is 1.68. The van der Waals surface area contributed by atoms with Crippen LogP contribution in [0.15, 0.2) is 18.2 Å². The predicted octanol–water partition coefficient (Wildman–Crippen LogP) is 1.24. The normalized spacial score (nSPS) is 9.50. The van der Waals surface area contributed by atoms with Crippen molar-refractivity contribution in [3.8, 4) is 5.75 Å². The smallest absolute Gasteiger partial charge is 0.291 e. The number of hydrogen-bond acceptors (Lipinski definition) is 6. The van der Waals surface area contributed by atoms with E-state index < -0.39 is 5.09 Å². The molecule has 0 aliphatic rings. The number of hydrogen-bond donors (Lipinski definition) is 3. The highest BCUT2D eigenvalue weighted by atomic mass is 16.9. The number of nitrogen functional groups attached to an aromatic ring is 1. The van der Waals surface area contributed by atoms with Crippen molar-refractivity contribution in [2.45, 2.75) is 20.5 Å². The van der Waals surface area contributed by atoms with Crippen LogP contribution in [-0.2, 0) is 6.61 Å². The molecule has 0 atom stereocenters. The molecule has 108 valence electrons. The van der Waals surface area contributed by atoms with Crippen molar-refractivity contribution < 1.29 is 15.0 Å². The van der Waals surface area contributed by atoms with E-state index in [1.807, 2.05) is 26.0 Å². The summed E-state index contributed by atoms with van der Waals surface area (Å²) < 4.78 is 5.58. The zero-order chi connectivity index (χ0) is 15.1. The number of aromatic amines is 1. The molecular formula is C11H15N5O4. The van der Waals surface area contributed by atoms with Gasteiger partial charge in [-0.2, -0.15) is 4.98 Å². The number of aryl methyl sites for hydroxylation is 2. The zero-order valence-corrected chi connectivity index (χ0v) is 11.0. The average molecular weight is 281 g/mol. The van der Waals surface area contributed by atoms with Crippen LogP contribution in [0.25, 0.3) is 0 Å². The summed E-state index contributed by atoms with van der Waals surface area (Å²) in [6, 6.07) is 6.05. The molecule has 2 aromatic rings. The van der Waals surface area contributed by atoms with E-state index in [0.717, 1.165) is 5.75 Å². The van der Waals surface area contributed by atoms with Gasteiger partial charge in [0.15, 0.2) is 5.82 Å². The maximum Gasteiger partial charge on any atom is 0.291 e. The van der Waals surface area contributed by atoms with E-state index in [1.165, 1.54) is 11.1 Å². The fourth-order valence-electron chi connectivity index (χ4n) is 1.54. The SMILES string of the molecule is Cc1cc(C)cc(OCc2nc(N)n[nH]2)c1.O=[N+]([O-])O. The first-order chi connectivity index (χ1) is 9.36. The van der Waals surface area contributed by atoms with E-state index >= 15 is 0 Å². The number of nitrogens with zero attached hydrogens (tertiary/aromatic N) is 3. The molecule has 2 rings (SSSR count). The molecule has 0 saturated carbocycles. The summed E-state index contributed by atoms with van der Waals surface area (Å²) >= 11 is 0. The minimum Gasteiger partial charge on any atom is -0.486 e. The van der Waals surface area contributed by atoms with E-state index in [0.29, 0.717) is 12.4 Å². The zero-order valence-electron chi connectivity index (χ0n) is 11.0. The van der Waals surface area contributed by atoms with Crippen molar-refractivity contribution in [1.82, 2.24) is 15.2 Å². The highest BCUT2D eigenvalue weighted by Gasteiger charge is 2.01. The summed E-state index contributed by atoms with van der Waals surface area (Å²) in [4.78, 5) is 12.3. The molecule has 0 amide bonds. The molecule has 9 heteroatoms. The first kappa shape index (κ1) is 15.2. The van der Waals surface area contributed by atoms with Crippen LogP contribution in [0.5, 0.6) is 5.75 Å². The van der Waals surface area contributed by atoms with Crippen molar-refractivity contribution in [2.24, 2.45) is 0 Å². The molecule has 0 aliphatic carbocycles. The summed E-state index contributed by atoms with van der Waals surface area (Å²) in [5, 5.41) is 20.1. The maximum absolute atomic E-state index is 8.36. The summed E-state index contributed by atoms with van der Waals surface area (Å²) in [5.41, 5.74) is 7.73. The molecule has 20 heavy (non-hydrogen) atoms. The largest absolute Gasteiger partial charge is 0.486 e. The van der Waals surface area contributed by atoms with Crippen LogP contribution in [0.3, 0.4) is 0 Å². The standard InChI is InChI=1S/C11H14N4O.HNO3/c1-7-3-8(2)5-9(4-7)16-6-10-13-11(12)15-14-10;2-1(3)4/h3-5H,6H2,1-2H3,(H3,12,13,14,15);(H,2,3,4). The van der Waals surface area contributed by atoms with Crippen molar-refractivity contribution in [1.29, 1.82) is 0 Å². The molecular weight excluding hydrogens is 266 g/mol. The Morgan fingerprint density at radius 2 is 1.95 bits per heavy atom. The Bertz CT molecular complexity index is 560. The molecule has 0 radical (unpaired) electrons. The van der Waals surface area contributed by atoms with Crippen LogP contribution in [0.2, 0.25) is 0 Å². The average Bonchev–Trinajstić information content (AvgIpc) is 2.70. The molecule has 4 N–H and O–H groups in total. The van der Waals surface area contributed by atoms with Crippen LogP contribution >= 0.6 is 0 Å². The van der Waals surface area contributed by atoms with Gasteiger partial charge >= 0.3 is 0 Å². The van der Waals surface area contributed by atoms with Gasteiger partial charge in [-0.15, -0.1) is 15.2 Å². The van der Waals surface area contributed by atoms with E-state index in [9.17, 15) is 0 Å². The highest BCUT2D eigenvalue weighted by Crippen LogP contribution is 2.17. The second-order valence-electron chi connectivity index (χ2n) is 3.99. The number of benzene rings is 1. The Morgan fingerprint density at radius 3 is 2.40 bits per heavy atom. The Hall–Kier alpha value is -2.84. The van der Waals surface area contributed by atoms with Crippen molar-refractivity contribution in [3.63, 3.8) is 0 Å². The van der Waals surface area contributed by atoms with Gasteiger partial charge in [0.1, 0.15) is 12.4 Å². The van der Waals surface area contributed by atoms with E-state index in [2.05, 4.69) is 21.2 Å². The minimum atomic E-state index is -1.50. The fourth-order valence-corrected chi connectivity index (χ4v) is 1.54. The Morgan fingerprint density at radius 1 is 1.40 bits per heavy atom. The summed E-state index contributed by atoms with van der Waals surface area (Å²) in [6.45, 7) is 4.41. The molecule has 0 aliphatic heterocycles. The first-order valence-corrected chi connectivity index (χ1v) is 5.58. The van der Waals surface area contributed by atoms with Gasteiger partial charge in [0, 0.05) is 0 Å². The van der Waals surface area contributed by atoms with Crippen LogP contribution < -0.4 is 10.5 Å². The Kier molecular flexibility index (Phi) is 5.27. The molecule has 0 spiro atoms. The monoisotopic (exact) mass is 281 g/mol. The topological polar surface area (TPSA) is 140 Å². The maximum atomic E-state index is 8.36. The van der Waals surface area contributed by atoms with Crippen LogP contribution in [-0.4, -0.2) is 25.5 Å². The van der Waals surface area contributed by atoms with E-state index in [1.54, 1.807) is 0 Å². The lowest BCUT2D eigenvalue weighted by atomic mass is 10.1. The quantitative estimate of drug-likeness (QED) is 0.567. The Balaban J connectivity index is 0.000000444. The van der Waals surface area contributed by atoms with Gasteiger partial charge in [0.2, 0.25) is 5.95 Å². The van der Waals surface area contributed by atoms with Crippen LogP contribution in [0.1, 0.15) is 17.0 Å². The van der Waals surface area contributed by atoms with Gasteiger partial charge in [-0.3, -0.25) is 5.10 Å². The van der Waals surface area contributed by atoms with Crippen molar-refractivity contribution in [2.75, 3.05) is 5.73 Å². The number of ether oxygens (including phenoxy) is 1. The second-order valence-corrected chi connectivity index (χ2v) is 3.99. The van der Waals surface area contributed by atoms with Gasteiger partial charge in [-0.1, -0.05) is 6.07 Å². The van der Waals surface area contributed by atoms with Crippen molar-refractivity contribution in [3.05, 3.63) is 45.3 Å². The Labute approximate surface area is 114 Å². The third-order valence-electron chi connectivity index (χ3n) is 2.12. The van der Waals surface area contributed by atoms with Crippen molar-refractivity contribution >= 4 is 5.95 Å².